The van der Waals surface area contributed by atoms with Gasteiger partial charge >= 0.3 is 0 Å². The van der Waals surface area contributed by atoms with Crippen LogP contribution in [0.4, 0.5) is 11.4 Å². The molecule has 0 fully saturated rings. The third-order valence-electron chi connectivity index (χ3n) is 3.73. The number of carbonyl (C=O) groups excluding carboxylic acids is 1. The van der Waals surface area contributed by atoms with Crippen LogP contribution in [0.5, 0.6) is 0 Å². The summed E-state index contributed by atoms with van der Waals surface area (Å²) < 4.78 is 0. The number of anilines is 2. The van der Waals surface area contributed by atoms with E-state index < -0.39 is 6.17 Å². The van der Waals surface area contributed by atoms with Gasteiger partial charge < -0.3 is 5.73 Å². The predicted molar refractivity (Wildman–Crippen MR) is 89.4 cm³/mol. The van der Waals surface area contributed by atoms with Crippen LogP contribution in [0.2, 0.25) is 0 Å². The molecule has 4 heteroatoms. The fraction of sp³-hybridized carbons (Fsp3) is 0.222. The summed E-state index contributed by atoms with van der Waals surface area (Å²) in [4.78, 5) is 18.9. The van der Waals surface area contributed by atoms with Gasteiger partial charge in [0.2, 0.25) is 0 Å². The van der Waals surface area contributed by atoms with Crippen molar-refractivity contribution < 1.29 is 4.79 Å². The second kappa shape index (κ2) is 5.73. The lowest BCUT2D eigenvalue weighted by molar-refractivity contribution is -0.118. The van der Waals surface area contributed by atoms with E-state index in [-0.39, 0.29) is 11.8 Å². The third-order valence-corrected chi connectivity index (χ3v) is 3.73. The molecule has 0 aliphatic carbocycles. The van der Waals surface area contributed by atoms with Crippen LogP contribution in [0.15, 0.2) is 59.6 Å². The van der Waals surface area contributed by atoms with Crippen LogP contribution in [0, 0.1) is 5.92 Å². The van der Waals surface area contributed by atoms with Gasteiger partial charge in [-0.2, -0.15) is 0 Å². The number of benzene rings is 2. The maximum Gasteiger partial charge on any atom is 0.270 e. The lowest BCUT2D eigenvalue weighted by Crippen LogP contribution is -2.39. The van der Waals surface area contributed by atoms with Crippen molar-refractivity contribution in [1.82, 2.24) is 0 Å². The van der Waals surface area contributed by atoms with E-state index in [0.29, 0.717) is 0 Å². The van der Waals surface area contributed by atoms with E-state index in [1.54, 1.807) is 4.90 Å². The Morgan fingerprint density at radius 2 is 1.68 bits per heavy atom. The van der Waals surface area contributed by atoms with Gasteiger partial charge in [0.1, 0.15) is 0 Å². The molecule has 2 N–H and O–H groups in total. The number of hydrogen-bond donors (Lipinski definition) is 1. The molecule has 112 valence electrons. The number of benzodiazepines with no additional fused rings is 1. The highest BCUT2D eigenvalue weighted by molar-refractivity contribution is 6.15. The normalized spacial score (nSPS) is 18.0. The summed E-state index contributed by atoms with van der Waals surface area (Å²) in [6.07, 6.45) is -0.884. The zero-order valence-electron chi connectivity index (χ0n) is 12.7. The van der Waals surface area contributed by atoms with Gasteiger partial charge in [-0.1, -0.05) is 50.2 Å². The van der Waals surface area contributed by atoms with Crippen LogP contribution >= 0.6 is 0 Å². The second-order valence-electron chi connectivity index (χ2n) is 5.64. The number of hydrogen-bond acceptors (Lipinski definition) is 3. The van der Waals surface area contributed by atoms with Gasteiger partial charge in [-0.15, -0.1) is 0 Å². The van der Waals surface area contributed by atoms with Gasteiger partial charge in [-0.3, -0.25) is 14.7 Å². The van der Waals surface area contributed by atoms with E-state index in [9.17, 15) is 4.79 Å². The number of nitrogens with zero attached hydrogens (tertiary/aromatic N) is 2. The van der Waals surface area contributed by atoms with Crippen LogP contribution in [0.1, 0.15) is 19.4 Å². The van der Waals surface area contributed by atoms with Gasteiger partial charge in [0, 0.05) is 17.0 Å². The van der Waals surface area contributed by atoms with Gasteiger partial charge in [-0.25, -0.2) is 0 Å². The number of aliphatic imine (C=N–C) groups is 1. The first-order valence-electron chi connectivity index (χ1n) is 7.41. The number of nitrogens with two attached hydrogens (primary N) is 1. The predicted octanol–water partition coefficient (Wildman–Crippen LogP) is 3.09. The van der Waals surface area contributed by atoms with Crippen molar-refractivity contribution in [2.45, 2.75) is 20.0 Å². The molecule has 2 aromatic rings. The Bertz CT molecular complexity index is 722. The molecule has 1 amide bonds. The Balaban J connectivity index is 2.24. The van der Waals surface area contributed by atoms with Crippen LogP contribution in [0.3, 0.4) is 0 Å². The van der Waals surface area contributed by atoms with E-state index in [1.807, 2.05) is 54.6 Å². The Morgan fingerprint density at radius 3 is 2.36 bits per heavy atom. The summed E-state index contributed by atoms with van der Waals surface area (Å²) in [5.74, 6) is -0.0231. The Kier molecular flexibility index (Phi) is 3.77. The number of fused-ring (bicyclic) bond motifs is 1. The molecule has 4 nitrogen and oxygen atoms in total. The summed E-state index contributed by atoms with van der Waals surface area (Å²) in [7, 11) is 0. The summed E-state index contributed by atoms with van der Waals surface area (Å²) >= 11 is 0. The van der Waals surface area contributed by atoms with Crippen molar-refractivity contribution >= 4 is 23.0 Å². The monoisotopic (exact) mass is 293 g/mol. The van der Waals surface area contributed by atoms with Gasteiger partial charge in [0.05, 0.1) is 5.69 Å². The number of amides is 1. The summed E-state index contributed by atoms with van der Waals surface area (Å²) in [5.41, 5.74) is 9.50. The fourth-order valence-electron chi connectivity index (χ4n) is 2.71. The highest BCUT2D eigenvalue weighted by atomic mass is 16.2. The minimum atomic E-state index is -0.884. The van der Waals surface area contributed by atoms with Crippen molar-refractivity contribution in [1.29, 1.82) is 0 Å². The third kappa shape index (κ3) is 2.42. The molecule has 0 saturated carbocycles. The minimum Gasteiger partial charge on any atom is -0.302 e. The molecule has 1 heterocycles. The first kappa shape index (κ1) is 14.5. The van der Waals surface area contributed by atoms with Crippen molar-refractivity contribution in [3.05, 3.63) is 60.2 Å². The summed E-state index contributed by atoms with van der Waals surface area (Å²) in [6.45, 7) is 4.12. The quantitative estimate of drug-likeness (QED) is 0.925. The Morgan fingerprint density at radius 1 is 1.05 bits per heavy atom. The molecule has 0 saturated heterocycles. The molecular weight excluding hydrogens is 274 g/mol. The SMILES string of the molecule is CC(C)C1=NC(N)C(=O)N(c2ccccc2)c2ccccc21. The molecule has 1 unspecified atom stereocenters. The van der Waals surface area contributed by atoms with E-state index in [1.165, 1.54) is 0 Å². The fourth-order valence-corrected chi connectivity index (χ4v) is 2.71. The average Bonchev–Trinajstić information content (AvgIpc) is 2.64. The Labute approximate surface area is 130 Å². The van der Waals surface area contributed by atoms with Crippen molar-refractivity contribution in [2.24, 2.45) is 16.6 Å². The van der Waals surface area contributed by atoms with Crippen LogP contribution in [-0.2, 0) is 4.79 Å². The Hall–Kier alpha value is -2.46. The van der Waals surface area contributed by atoms with Gasteiger partial charge in [0.15, 0.2) is 6.17 Å². The van der Waals surface area contributed by atoms with Crippen LogP contribution < -0.4 is 10.6 Å². The second-order valence-corrected chi connectivity index (χ2v) is 5.64. The number of rotatable bonds is 2. The van der Waals surface area contributed by atoms with E-state index >= 15 is 0 Å². The van der Waals surface area contributed by atoms with E-state index in [2.05, 4.69) is 18.8 Å². The highest BCUT2D eigenvalue weighted by Crippen LogP contribution is 2.33. The molecule has 0 spiro atoms. The zero-order valence-corrected chi connectivity index (χ0v) is 12.7. The lowest BCUT2D eigenvalue weighted by Gasteiger charge is -2.24. The molecule has 0 aromatic heterocycles. The van der Waals surface area contributed by atoms with Gasteiger partial charge in [-0.05, 0) is 24.1 Å². The molecular formula is C18H19N3O. The summed E-state index contributed by atoms with van der Waals surface area (Å²) in [5, 5.41) is 0. The van der Waals surface area contributed by atoms with Crippen molar-refractivity contribution in [2.75, 3.05) is 4.90 Å². The molecule has 0 bridgehead atoms. The number of carbonyl (C=O) groups is 1. The maximum absolute atomic E-state index is 12.8. The molecule has 22 heavy (non-hydrogen) atoms. The first-order chi connectivity index (χ1) is 10.6. The number of para-hydroxylation sites is 2. The first-order valence-corrected chi connectivity index (χ1v) is 7.41. The molecule has 1 atom stereocenters. The zero-order chi connectivity index (χ0) is 15.7. The molecule has 2 aromatic carbocycles. The van der Waals surface area contributed by atoms with E-state index in [4.69, 9.17) is 5.73 Å². The molecule has 3 rings (SSSR count). The molecule has 1 aliphatic rings. The van der Waals surface area contributed by atoms with Crippen LogP contribution in [-0.4, -0.2) is 17.8 Å². The largest absolute Gasteiger partial charge is 0.302 e. The van der Waals surface area contributed by atoms with E-state index in [0.717, 1.165) is 22.6 Å². The van der Waals surface area contributed by atoms with Crippen molar-refractivity contribution in [3.8, 4) is 0 Å². The lowest BCUT2D eigenvalue weighted by atomic mass is 9.98. The minimum absolute atomic E-state index is 0.190. The smallest absolute Gasteiger partial charge is 0.270 e. The topological polar surface area (TPSA) is 58.7 Å². The molecule has 0 radical (unpaired) electrons. The molecule has 1 aliphatic heterocycles. The van der Waals surface area contributed by atoms with Crippen LogP contribution in [0.25, 0.3) is 0 Å². The standard InChI is InChI=1S/C18H19N3O/c1-12(2)16-14-10-6-7-11-15(14)21(18(22)17(19)20-16)13-8-4-3-5-9-13/h3-12,17H,19H2,1-2H3. The summed E-state index contributed by atoms with van der Waals surface area (Å²) in [6, 6.07) is 17.4. The average molecular weight is 293 g/mol. The highest BCUT2D eigenvalue weighted by Gasteiger charge is 2.30. The maximum atomic E-state index is 12.8. The van der Waals surface area contributed by atoms with Crippen molar-refractivity contribution in [3.63, 3.8) is 0 Å². The van der Waals surface area contributed by atoms with Gasteiger partial charge in [0.25, 0.3) is 5.91 Å².